The Morgan fingerprint density at radius 3 is 2.17 bits per heavy atom. The highest BCUT2D eigenvalue weighted by Crippen LogP contribution is 2.19. The van der Waals surface area contributed by atoms with Crippen LogP contribution < -0.4 is 9.62 Å². The first kappa shape index (κ1) is 18.0. The van der Waals surface area contributed by atoms with Crippen LogP contribution >= 0.6 is 0 Å². The van der Waals surface area contributed by atoms with Gasteiger partial charge in [-0.25, -0.2) is 8.42 Å². The zero-order valence-corrected chi connectivity index (χ0v) is 14.9. The second kappa shape index (κ2) is 7.49. The Hall–Kier alpha value is -2.34. The van der Waals surface area contributed by atoms with Crippen LogP contribution in [0.25, 0.3) is 0 Å². The van der Waals surface area contributed by atoms with Crippen LogP contribution in [0.1, 0.15) is 35.3 Å². The van der Waals surface area contributed by atoms with Crippen LogP contribution in [0.3, 0.4) is 0 Å². The molecule has 1 atom stereocenters. The van der Waals surface area contributed by atoms with Crippen molar-refractivity contribution in [3.63, 3.8) is 0 Å². The van der Waals surface area contributed by atoms with E-state index in [1.807, 2.05) is 37.3 Å². The molecule has 1 N–H and O–H groups in total. The van der Waals surface area contributed by atoms with E-state index in [1.165, 1.54) is 11.4 Å². The molecule has 0 bridgehead atoms. The molecule has 24 heavy (non-hydrogen) atoms. The van der Waals surface area contributed by atoms with Crippen molar-refractivity contribution in [1.82, 2.24) is 5.32 Å². The molecule has 2 aromatic carbocycles. The minimum atomic E-state index is -3.32. The van der Waals surface area contributed by atoms with E-state index < -0.39 is 10.0 Å². The number of sulfonamides is 1. The summed E-state index contributed by atoms with van der Waals surface area (Å²) >= 11 is 0. The van der Waals surface area contributed by atoms with Crippen molar-refractivity contribution in [3.05, 3.63) is 65.7 Å². The van der Waals surface area contributed by atoms with Crippen molar-refractivity contribution in [3.8, 4) is 0 Å². The van der Waals surface area contributed by atoms with Gasteiger partial charge in [-0.05, 0) is 36.2 Å². The third kappa shape index (κ3) is 4.35. The molecule has 0 saturated carbocycles. The number of anilines is 1. The number of nitrogens with one attached hydrogen (secondary N) is 1. The van der Waals surface area contributed by atoms with Crippen LogP contribution in [0, 0.1) is 0 Å². The second-order valence-electron chi connectivity index (χ2n) is 5.62. The third-order valence-corrected chi connectivity index (χ3v) is 5.11. The first-order valence-electron chi connectivity index (χ1n) is 7.72. The van der Waals surface area contributed by atoms with Crippen molar-refractivity contribution < 1.29 is 13.2 Å². The molecular formula is C18H22N2O3S. The summed E-state index contributed by atoms with van der Waals surface area (Å²) < 4.78 is 24.3. The lowest BCUT2D eigenvalue weighted by molar-refractivity contribution is 0.0935. The van der Waals surface area contributed by atoms with Gasteiger partial charge in [0, 0.05) is 12.6 Å². The lowest BCUT2D eigenvalue weighted by Crippen LogP contribution is -2.28. The molecule has 0 saturated heterocycles. The summed E-state index contributed by atoms with van der Waals surface area (Å²) in [5.74, 6) is -0.181. The molecule has 2 aromatic rings. The molecular weight excluding hydrogens is 324 g/mol. The molecule has 128 valence electrons. The first-order chi connectivity index (χ1) is 11.3. The van der Waals surface area contributed by atoms with Gasteiger partial charge < -0.3 is 5.32 Å². The van der Waals surface area contributed by atoms with Gasteiger partial charge in [0.1, 0.15) is 0 Å². The van der Waals surface area contributed by atoms with E-state index in [2.05, 4.69) is 5.32 Å². The molecule has 0 heterocycles. The summed E-state index contributed by atoms with van der Waals surface area (Å²) in [7, 11) is -1.84. The summed E-state index contributed by atoms with van der Waals surface area (Å²) in [5, 5.41) is 3.01. The summed E-state index contributed by atoms with van der Waals surface area (Å²) in [5.41, 5.74) is 2.07. The van der Waals surface area contributed by atoms with Crippen molar-refractivity contribution in [2.45, 2.75) is 19.4 Å². The fourth-order valence-electron chi connectivity index (χ4n) is 2.36. The Bertz CT molecular complexity index is 787. The molecule has 0 fully saturated rings. The maximum atomic E-state index is 12.4. The second-order valence-corrected chi connectivity index (χ2v) is 7.64. The quantitative estimate of drug-likeness (QED) is 0.874. The predicted octanol–water partition coefficient (Wildman–Crippen LogP) is 2.96. The molecule has 0 spiro atoms. The molecule has 0 aliphatic carbocycles. The lowest BCUT2D eigenvalue weighted by atomic mass is 10.0. The zero-order chi connectivity index (χ0) is 17.7. The Labute approximate surface area is 143 Å². The van der Waals surface area contributed by atoms with E-state index in [0.29, 0.717) is 11.3 Å². The number of carbonyl (C=O) groups is 1. The standard InChI is InChI=1S/C18H22N2O3S/c1-4-17(14-8-6-5-7-9-14)19-18(21)15-10-12-16(13-11-15)20(2)24(3,22)23/h5-13,17H,4H2,1-3H3,(H,19,21)/t17-/m0/s1. The highest BCUT2D eigenvalue weighted by Gasteiger charge is 2.15. The van der Waals surface area contributed by atoms with E-state index in [0.717, 1.165) is 18.2 Å². The summed E-state index contributed by atoms with van der Waals surface area (Å²) in [4.78, 5) is 12.4. The number of carbonyl (C=O) groups excluding carboxylic acids is 1. The average molecular weight is 346 g/mol. The van der Waals surface area contributed by atoms with Crippen LogP contribution in [-0.2, 0) is 10.0 Å². The van der Waals surface area contributed by atoms with Crippen LogP contribution in [0.4, 0.5) is 5.69 Å². The third-order valence-electron chi connectivity index (χ3n) is 3.91. The highest BCUT2D eigenvalue weighted by atomic mass is 32.2. The van der Waals surface area contributed by atoms with E-state index in [-0.39, 0.29) is 11.9 Å². The van der Waals surface area contributed by atoms with E-state index in [9.17, 15) is 13.2 Å². The number of benzene rings is 2. The Morgan fingerprint density at radius 2 is 1.67 bits per heavy atom. The molecule has 5 nitrogen and oxygen atoms in total. The molecule has 6 heteroatoms. The maximum absolute atomic E-state index is 12.4. The van der Waals surface area contributed by atoms with Crippen molar-refractivity contribution in [2.75, 3.05) is 17.6 Å². The number of amides is 1. The Kier molecular flexibility index (Phi) is 5.62. The Morgan fingerprint density at radius 1 is 1.08 bits per heavy atom. The van der Waals surface area contributed by atoms with Crippen molar-refractivity contribution >= 4 is 21.6 Å². The first-order valence-corrected chi connectivity index (χ1v) is 9.57. The van der Waals surface area contributed by atoms with E-state index >= 15 is 0 Å². The van der Waals surface area contributed by atoms with Crippen LogP contribution in [0.15, 0.2) is 54.6 Å². The lowest BCUT2D eigenvalue weighted by Gasteiger charge is -2.19. The largest absolute Gasteiger partial charge is 0.345 e. The van der Waals surface area contributed by atoms with Crippen LogP contribution in [-0.4, -0.2) is 27.6 Å². The van der Waals surface area contributed by atoms with Gasteiger partial charge in [-0.3, -0.25) is 9.10 Å². The maximum Gasteiger partial charge on any atom is 0.251 e. The molecule has 0 aliphatic rings. The van der Waals surface area contributed by atoms with Crippen molar-refractivity contribution in [1.29, 1.82) is 0 Å². The average Bonchev–Trinajstić information content (AvgIpc) is 2.59. The van der Waals surface area contributed by atoms with Gasteiger partial charge in [0.15, 0.2) is 0 Å². The predicted molar refractivity (Wildman–Crippen MR) is 96.6 cm³/mol. The topological polar surface area (TPSA) is 66.5 Å². The summed E-state index contributed by atoms with van der Waals surface area (Å²) in [6.45, 7) is 2.02. The van der Waals surface area contributed by atoms with Gasteiger partial charge in [-0.2, -0.15) is 0 Å². The van der Waals surface area contributed by atoms with Gasteiger partial charge in [-0.1, -0.05) is 37.3 Å². The Balaban J connectivity index is 2.13. The molecule has 2 rings (SSSR count). The molecule has 0 unspecified atom stereocenters. The van der Waals surface area contributed by atoms with Gasteiger partial charge in [0.25, 0.3) is 5.91 Å². The summed E-state index contributed by atoms with van der Waals surface area (Å²) in [6, 6.07) is 16.2. The minimum Gasteiger partial charge on any atom is -0.345 e. The van der Waals surface area contributed by atoms with Gasteiger partial charge in [0.2, 0.25) is 10.0 Å². The fourth-order valence-corrected chi connectivity index (χ4v) is 2.87. The molecule has 0 aliphatic heterocycles. The van der Waals surface area contributed by atoms with Crippen LogP contribution in [0.5, 0.6) is 0 Å². The number of hydrogen-bond acceptors (Lipinski definition) is 3. The summed E-state index contributed by atoms with van der Waals surface area (Å²) in [6.07, 6.45) is 1.92. The minimum absolute atomic E-state index is 0.0583. The van der Waals surface area contributed by atoms with Gasteiger partial charge in [-0.15, -0.1) is 0 Å². The SMILES string of the molecule is CC[C@H](NC(=O)c1ccc(N(C)S(C)(=O)=O)cc1)c1ccccc1. The number of hydrogen-bond donors (Lipinski definition) is 1. The normalized spacial score (nSPS) is 12.5. The molecule has 0 radical (unpaired) electrons. The van der Waals surface area contributed by atoms with Crippen molar-refractivity contribution in [2.24, 2.45) is 0 Å². The number of nitrogens with zero attached hydrogens (tertiary/aromatic N) is 1. The van der Waals surface area contributed by atoms with E-state index in [4.69, 9.17) is 0 Å². The van der Waals surface area contributed by atoms with Gasteiger partial charge in [0.05, 0.1) is 18.0 Å². The highest BCUT2D eigenvalue weighted by molar-refractivity contribution is 7.92. The fraction of sp³-hybridized carbons (Fsp3) is 0.278. The number of rotatable bonds is 6. The van der Waals surface area contributed by atoms with Gasteiger partial charge >= 0.3 is 0 Å². The smallest absolute Gasteiger partial charge is 0.251 e. The van der Waals surface area contributed by atoms with Crippen LogP contribution in [0.2, 0.25) is 0 Å². The van der Waals surface area contributed by atoms with E-state index in [1.54, 1.807) is 24.3 Å². The monoisotopic (exact) mass is 346 g/mol. The molecule has 1 amide bonds. The zero-order valence-electron chi connectivity index (χ0n) is 14.1. The molecule has 0 aromatic heterocycles.